The topological polar surface area (TPSA) is 92.2 Å². The van der Waals surface area contributed by atoms with Gasteiger partial charge in [-0.1, -0.05) is 13.3 Å². The van der Waals surface area contributed by atoms with Crippen LogP contribution in [0.4, 0.5) is 0 Å². The molecular formula is C14H13N4O3-. The Morgan fingerprint density at radius 2 is 2.24 bits per heavy atom. The molecule has 0 atom stereocenters. The van der Waals surface area contributed by atoms with Crippen molar-refractivity contribution < 1.29 is 9.15 Å². The van der Waals surface area contributed by atoms with E-state index >= 15 is 0 Å². The second-order valence-electron chi connectivity index (χ2n) is 4.58. The SMILES string of the molecule is CCCc1cc(=O)oc2cc(OCc3nnn[n-]3)ccc12. The van der Waals surface area contributed by atoms with Crippen molar-refractivity contribution in [3.05, 3.63) is 46.1 Å². The maximum absolute atomic E-state index is 11.6. The molecule has 2 aromatic heterocycles. The van der Waals surface area contributed by atoms with Gasteiger partial charge in [-0.25, -0.2) is 4.79 Å². The zero-order chi connectivity index (χ0) is 14.7. The molecule has 0 saturated heterocycles. The summed E-state index contributed by atoms with van der Waals surface area (Å²) in [6, 6.07) is 6.95. The molecule has 0 saturated carbocycles. The summed E-state index contributed by atoms with van der Waals surface area (Å²) in [7, 11) is 0. The highest BCUT2D eigenvalue weighted by Gasteiger charge is 2.06. The molecule has 0 unspecified atom stereocenters. The van der Waals surface area contributed by atoms with Crippen molar-refractivity contribution in [3.63, 3.8) is 0 Å². The highest BCUT2D eigenvalue weighted by atomic mass is 16.5. The van der Waals surface area contributed by atoms with Crippen LogP contribution in [0.5, 0.6) is 5.75 Å². The molecule has 7 heteroatoms. The largest absolute Gasteiger partial charge is 0.488 e. The van der Waals surface area contributed by atoms with Gasteiger partial charge >= 0.3 is 5.63 Å². The van der Waals surface area contributed by atoms with Gasteiger partial charge in [0, 0.05) is 23.3 Å². The number of ether oxygens (including phenoxy) is 1. The summed E-state index contributed by atoms with van der Waals surface area (Å²) in [6.07, 6.45) is 1.80. The van der Waals surface area contributed by atoms with E-state index in [0.717, 1.165) is 23.8 Å². The lowest BCUT2D eigenvalue weighted by molar-refractivity contribution is 0.295. The second-order valence-corrected chi connectivity index (χ2v) is 4.58. The summed E-state index contributed by atoms with van der Waals surface area (Å²) in [5, 5.41) is 15.0. The van der Waals surface area contributed by atoms with Crippen molar-refractivity contribution in [1.29, 1.82) is 0 Å². The Kier molecular flexibility index (Phi) is 3.63. The van der Waals surface area contributed by atoms with Crippen LogP contribution in [-0.4, -0.2) is 15.5 Å². The van der Waals surface area contributed by atoms with Gasteiger partial charge < -0.3 is 14.3 Å². The third kappa shape index (κ3) is 2.91. The zero-order valence-electron chi connectivity index (χ0n) is 11.4. The van der Waals surface area contributed by atoms with E-state index < -0.39 is 0 Å². The fourth-order valence-electron chi connectivity index (χ4n) is 2.15. The van der Waals surface area contributed by atoms with Gasteiger partial charge in [-0.05, 0) is 24.1 Å². The molecule has 0 spiro atoms. The van der Waals surface area contributed by atoms with E-state index in [1.54, 1.807) is 12.1 Å². The van der Waals surface area contributed by atoms with Crippen LogP contribution in [0.25, 0.3) is 11.0 Å². The van der Waals surface area contributed by atoms with Gasteiger partial charge in [0.25, 0.3) is 0 Å². The minimum atomic E-state index is -0.351. The normalized spacial score (nSPS) is 10.9. The Balaban J connectivity index is 1.90. The first-order chi connectivity index (χ1) is 10.3. The van der Waals surface area contributed by atoms with Crippen molar-refractivity contribution in [2.24, 2.45) is 0 Å². The lowest BCUT2D eigenvalue weighted by Crippen LogP contribution is -2.02. The van der Waals surface area contributed by atoms with Crippen LogP contribution < -0.4 is 15.5 Å². The first kappa shape index (κ1) is 13.3. The maximum atomic E-state index is 11.6. The minimum Gasteiger partial charge on any atom is -0.488 e. The summed E-state index contributed by atoms with van der Waals surface area (Å²) in [5.74, 6) is 0.973. The number of hydrogen-bond acceptors (Lipinski definition) is 6. The molecule has 0 aliphatic heterocycles. The maximum Gasteiger partial charge on any atom is 0.336 e. The number of hydrogen-bond donors (Lipinski definition) is 0. The van der Waals surface area contributed by atoms with E-state index in [2.05, 4.69) is 27.5 Å². The van der Waals surface area contributed by atoms with E-state index in [1.165, 1.54) is 0 Å². The summed E-state index contributed by atoms with van der Waals surface area (Å²) < 4.78 is 10.8. The fraction of sp³-hybridized carbons (Fsp3) is 0.286. The van der Waals surface area contributed by atoms with Gasteiger partial charge in [0.05, 0.1) is 0 Å². The second kappa shape index (κ2) is 5.74. The van der Waals surface area contributed by atoms with Crippen LogP contribution in [0.1, 0.15) is 24.7 Å². The number of aromatic nitrogens is 4. The predicted octanol–water partition coefficient (Wildman–Crippen LogP) is 1.47. The molecule has 21 heavy (non-hydrogen) atoms. The molecule has 0 fully saturated rings. The fourth-order valence-corrected chi connectivity index (χ4v) is 2.15. The van der Waals surface area contributed by atoms with Crippen molar-refractivity contribution in [2.45, 2.75) is 26.4 Å². The molecular weight excluding hydrogens is 272 g/mol. The molecule has 0 bridgehead atoms. The molecule has 2 heterocycles. The van der Waals surface area contributed by atoms with Crippen molar-refractivity contribution in [2.75, 3.05) is 0 Å². The van der Waals surface area contributed by atoms with Gasteiger partial charge in [0.2, 0.25) is 0 Å². The Labute approximate surface area is 119 Å². The molecule has 0 N–H and O–H groups in total. The molecule has 3 rings (SSSR count). The van der Waals surface area contributed by atoms with Gasteiger partial charge in [0.15, 0.2) is 0 Å². The Morgan fingerprint density at radius 3 is 3.00 bits per heavy atom. The molecule has 1 aromatic carbocycles. The Morgan fingerprint density at radius 1 is 1.33 bits per heavy atom. The molecule has 0 radical (unpaired) electrons. The molecule has 3 aromatic rings. The van der Waals surface area contributed by atoms with Gasteiger partial charge in [-0.3, -0.25) is 10.3 Å². The smallest absolute Gasteiger partial charge is 0.336 e. The summed E-state index contributed by atoms with van der Waals surface area (Å²) in [6.45, 7) is 2.23. The van der Waals surface area contributed by atoms with Crippen LogP contribution in [0.15, 0.2) is 33.5 Å². The third-order valence-electron chi connectivity index (χ3n) is 3.05. The van der Waals surface area contributed by atoms with Crippen LogP contribution in [0.3, 0.4) is 0 Å². The number of nitrogens with zero attached hydrogens (tertiary/aromatic N) is 4. The van der Waals surface area contributed by atoms with Crippen molar-refractivity contribution >= 4 is 11.0 Å². The van der Waals surface area contributed by atoms with Crippen LogP contribution in [0, 0.1) is 0 Å². The number of tetrazole rings is 1. The highest BCUT2D eigenvalue weighted by molar-refractivity contribution is 5.81. The van der Waals surface area contributed by atoms with Gasteiger partial charge in [0.1, 0.15) is 17.9 Å². The molecule has 0 aliphatic carbocycles. The monoisotopic (exact) mass is 285 g/mol. The lowest BCUT2D eigenvalue weighted by Gasteiger charge is -2.08. The van der Waals surface area contributed by atoms with E-state index in [0.29, 0.717) is 17.2 Å². The summed E-state index contributed by atoms with van der Waals surface area (Å²) in [5.41, 5.74) is 1.15. The quantitative estimate of drug-likeness (QED) is 0.655. The van der Waals surface area contributed by atoms with Crippen molar-refractivity contribution in [3.8, 4) is 5.75 Å². The predicted molar refractivity (Wildman–Crippen MR) is 74.0 cm³/mol. The number of rotatable bonds is 5. The highest BCUT2D eigenvalue weighted by Crippen LogP contribution is 2.23. The van der Waals surface area contributed by atoms with E-state index in [4.69, 9.17) is 9.15 Å². The average molecular weight is 285 g/mol. The van der Waals surface area contributed by atoms with Crippen molar-refractivity contribution in [1.82, 2.24) is 20.6 Å². The average Bonchev–Trinajstić information content (AvgIpc) is 2.98. The zero-order valence-corrected chi connectivity index (χ0v) is 11.4. The van der Waals surface area contributed by atoms with Crippen LogP contribution in [-0.2, 0) is 13.0 Å². The van der Waals surface area contributed by atoms with Gasteiger partial charge in [-0.2, -0.15) is 5.21 Å². The van der Waals surface area contributed by atoms with E-state index in [1.807, 2.05) is 12.1 Å². The lowest BCUT2D eigenvalue weighted by atomic mass is 10.1. The standard InChI is InChI=1S/C14H13N4O3/c1-2-3-9-6-14(19)21-12-7-10(4-5-11(9)12)20-8-13-15-17-18-16-13/h4-7H,2-3,8H2,1H3/q-1. The summed E-state index contributed by atoms with van der Waals surface area (Å²) in [4.78, 5) is 11.6. The minimum absolute atomic E-state index is 0.164. The van der Waals surface area contributed by atoms with Crippen LogP contribution >= 0.6 is 0 Å². The number of aryl methyl sites for hydroxylation is 1. The Bertz CT molecular complexity index is 796. The van der Waals surface area contributed by atoms with Crippen LogP contribution in [0.2, 0.25) is 0 Å². The molecule has 0 aliphatic rings. The third-order valence-corrected chi connectivity index (χ3v) is 3.05. The van der Waals surface area contributed by atoms with Gasteiger partial charge in [-0.15, -0.1) is 0 Å². The Hall–Kier alpha value is -2.70. The first-order valence-corrected chi connectivity index (χ1v) is 6.63. The number of fused-ring (bicyclic) bond motifs is 1. The summed E-state index contributed by atoms with van der Waals surface area (Å²) >= 11 is 0. The molecule has 7 nitrogen and oxygen atoms in total. The number of benzene rings is 1. The van der Waals surface area contributed by atoms with E-state index in [9.17, 15) is 4.79 Å². The first-order valence-electron chi connectivity index (χ1n) is 6.63. The van der Waals surface area contributed by atoms with E-state index in [-0.39, 0.29) is 12.2 Å². The molecule has 108 valence electrons. The molecule has 0 amide bonds.